The quantitative estimate of drug-likeness (QED) is 0.232. The number of fused-ring (bicyclic) bond motifs is 1. The Bertz CT molecular complexity index is 1170. The monoisotopic (exact) mass is 421 g/mol. The van der Waals surface area contributed by atoms with E-state index in [0.717, 1.165) is 21.3 Å². The molecule has 0 aliphatic rings. The predicted octanol–water partition coefficient (Wildman–Crippen LogP) is 5.92. The molecule has 27 heavy (non-hydrogen) atoms. The van der Waals surface area contributed by atoms with Crippen LogP contribution in [0.4, 0.5) is 11.4 Å². The summed E-state index contributed by atoms with van der Waals surface area (Å²) < 4.78 is 6.77. The third-order valence-electron chi connectivity index (χ3n) is 3.91. The van der Waals surface area contributed by atoms with Gasteiger partial charge in [-0.2, -0.15) is 0 Å². The molecule has 0 bridgehead atoms. The van der Waals surface area contributed by atoms with E-state index in [1.165, 1.54) is 12.1 Å². The van der Waals surface area contributed by atoms with Gasteiger partial charge in [0.25, 0.3) is 5.69 Å². The summed E-state index contributed by atoms with van der Waals surface area (Å²) in [6.45, 7) is 0. The van der Waals surface area contributed by atoms with Crippen LogP contribution in [-0.2, 0) is 0 Å². The second kappa shape index (κ2) is 7.13. The molecule has 1 heterocycles. The van der Waals surface area contributed by atoms with Crippen molar-refractivity contribution in [2.45, 2.75) is 0 Å². The van der Waals surface area contributed by atoms with Crippen molar-refractivity contribution in [1.29, 1.82) is 0 Å². The minimum absolute atomic E-state index is 0.0521. The van der Waals surface area contributed by atoms with Gasteiger partial charge in [0.15, 0.2) is 5.58 Å². The van der Waals surface area contributed by atoms with Crippen LogP contribution < -0.4 is 0 Å². The number of rotatable bonds is 4. The van der Waals surface area contributed by atoms with E-state index in [-0.39, 0.29) is 5.69 Å². The van der Waals surface area contributed by atoms with Gasteiger partial charge in [0, 0.05) is 28.4 Å². The number of hydrogen-bond acceptors (Lipinski definition) is 5. The molecule has 4 aromatic rings. The molecule has 132 valence electrons. The summed E-state index contributed by atoms with van der Waals surface area (Å²) in [5.74, 6) is 0.544. The highest BCUT2D eigenvalue weighted by molar-refractivity contribution is 9.10. The van der Waals surface area contributed by atoms with Crippen LogP contribution in [0, 0.1) is 10.1 Å². The number of nitro groups is 1. The van der Waals surface area contributed by atoms with Crippen molar-refractivity contribution in [3.05, 3.63) is 86.9 Å². The molecule has 0 saturated carbocycles. The fourth-order valence-corrected chi connectivity index (χ4v) is 2.97. The van der Waals surface area contributed by atoms with Crippen LogP contribution in [0.15, 0.2) is 80.6 Å². The zero-order chi connectivity index (χ0) is 18.8. The Morgan fingerprint density at radius 2 is 1.89 bits per heavy atom. The van der Waals surface area contributed by atoms with Gasteiger partial charge >= 0.3 is 0 Å². The molecular formula is C20H12BrN3O3. The predicted molar refractivity (Wildman–Crippen MR) is 107 cm³/mol. The lowest BCUT2D eigenvalue weighted by Gasteiger charge is -1.95. The number of aliphatic imine (C=N–C) groups is 1. The maximum atomic E-state index is 10.7. The number of non-ortho nitro benzene ring substituents is 1. The lowest BCUT2D eigenvalue weighted by atomic mass is 10.2. The standard InChI is InChI=1S/C20H12BrN3O3/c21-15-3-1-2-14(10-15)20-23-18-11-16(6-9-19(18)27-20)22-12-13-4-7-17(8-5-13)24(25)26/h1-12H. The Labute approximate surface area is 162 Å². The second-order valence-electron chi connectivity index (χ2n) is 5.79. The molecule has 7 heteroatoms. The fourth-order valence-electron chi connectivity index (χ4n) is 2.57. The lowest BCUT2D eigenvalue weighted by Crippen LogP contribution is -1.88. The summed E-state index contributed by atoms with van der Waals surface area (Å²) in [6, 6.07) is 19.4. The second-order valence-corrected chi connectivity index (χ2v) is 6.70. The SMILES string of the molecule is O=[N+]([O-])c1ccc(C=Nc2ccc3oc(-c4cccc(Br)c4)nc3c2)cc1. The van der Waals surface area contributed by atoms with Gasteiger partial charge < -0.3 is 4.42 Å². The number of halogens is 1. The van der Waals surface area contributed by atoms with E-state index < -0.39 is 4.92 Å². The highest BCUT2D eigenvalue weighted by Crippen LogP contribution is 2.28. The lowest BCUT2D eigenvalue weighted by molar-refractivity contribution is -0.384. The smallest absolute Gasteiger partial charge is 0.269 e. The summed E-state index contributed by atoms with van der Waals surface area (Å²) in [6.07, 6.45) is 1.65. The topological polar surface area (TPSA) is 81.5 Å². The maximum Gasteiger partial charge on any atom is 0.269 e. The van der Waals surface area contributed by atoms with Crippen molar-refractivity contribution in [3.63, 3.8) is 0 Å². The van der Waals surface area contributed by atoms with Crippen LogP contribution in [0.5, 0.6) is 0 Å². The molecule has 0 atom stereocenters. The van der Waals surface area contributed by atoms with Crippen LogP contribution in [0.3, 0.4) is 0 Å². The highest BCUT2D eigenvalue weighted by atomic mass is 79.9. The number of nitrogens with zero attached hydrogens (tertiary/aromatic N) is 3. The van der Waals surface area contributed by atoms with Crippen molar-refractivity contribution in [2.24, 2.45) is 4.99 Å². The Morgan fingerprint density at radius 1 is 1.07 bits per heavy atom. The Balaban J connectivity index is 1.60. The van der Waals surface area contributed by atoms with Crippen LogP contribution in [0.2, 0.25) is 0 Å². The number of nitro benzene ring substituents is 1. The zero-order valence-corrected chi connectivity index (χ0v) is 15.5. The largest absolute Gasteiger partial charge is 0.436 e. The van der Waals surface area contributed by atoms with Gasteiger partial charge in [0.05, 0.1) is 10.6 Å². The number of aromatic nitrogens is 1. The molecule has 3 aromatic carbocycles. The first kappa shape index (κ1) is 17.1. The Morgan fingerprint density at radius 3 is 2.63 bits per heavy atom. The van der Waals surface area contributed by atoms with Gasteiger partial charge in [-0.25, -0.2) is 4.98 Å². The van der Waals surface area contributed by atoms with E-state index in [1.807, 2.05) is 42.5 Å². The summed E-state index contributed by atoms with van der Waals surface area (Å²) in [5, 5.41) is 10.7. The molecule has 4 rings (SSSR count). The Hall–Kier alpha value is -3.32. The molecule has 0 fully saturated rings. The third kappa shape index (κ3) is 3.78. The summed E-state index contributed by atoms with van der Waals surface area (Å²) in [7, 11) is 0. The molecule has 0 aliphatic carbocycles. The molecular weight excluding hydrogens is 410 g/mol. The normalized spacial score (nSPS) is 11.3. The number of oxazole rings is 1. The number of benzene rings is 3. The zero-order valence-electron chi connectivity index (χ0n) is 13.9. The molecule has 0 N–H and O–H groups in total. The van der Waals surface area contributed by atoms with Gasteiger partial charge in [-0.15, -0.1) is 0 Å². The van der Waals surface area contributed by atoms with Crippen LogP contribution in [0.25, 0.3) is 22.6 Å². The average molecular weight is 422 g/mol. The molecule has 6 nitrogen and oxygen atoms in total. The van der Waals surface area contributed by atoms with Crippen LogP contribution in [-0.4, -0.2) is 16.1 Å². The molecule has 0 radical (unpaired) electrons. The minimum Gasteiger partial charge on any atom is -0.436 e. The minimum atomic E-state index is -0.428. The molecule has 0 saturated heterocycles. The maximum absolute atomic E-state index is 10.7. The van der Waals surface area contributed by atoms with E-state index in [2.05, 4.69) is 25.9 Å². The van der Waals surface area contributed by atoms with E-state index >= 15 is 0 Å². The molecule has 0 aliphatic heterocycles. The Kier molecular flexibility index (Phi) is 4.52. The van der Waals surface area contributed by atoms with Gasteiger partial charge in [-0.3, -0.25) is 15.1 Å². The van der Waals surface area contributed by atoms with Gasteiger partial charge in [-0.05, 0) is 54.1 Å². The summed E-state index contributed by atoms with van der Waals surface area (Å²) in [4.78, 5) is 19.2. The summed E-state index contributed by atoms with van der Waals surface area (Å²) >= 11 is 3.44. The van der Waals surface area contributed by atoms with E-state index in [0.29, 0.717) is 17.0 Å². The van der Waals surface area contributed by atoms with Crippen LogP contribution in [0.1, 0.15) is 5.56 Å². The number of hydrogen-bond donors (Lipinski definition) is 0. The van der Waals surface area contributed by atoms with Crippen molar-refractivity contribution in [2.75, 3.05) is 0 Å². The van der Waals surface area contributed by atoms with Crippen molar-refractivity contribution < 1.29 is 9.34 Å². The summed E-state index contributed by atoms with van der Waals surface area (Å²) in [5.41, 5.74) is 3.82. The van der Waals surface area contributed by atoms with Crippen LogP contribution >= 0.6 is 15.9 Å². The van der Waals surface area contributed by atoms with E-state index in [1.54, 1.807) is 18.3 Å². The van der Waals surface area contributed by atoms with Gasteiger partial charge in [0.1, 0.15) is 5.52 Å². The van der Waals surface area contributed by atoms with Gasteiger partial charge in [-0.1, -0.05) is 22.0 Å². The first-order chi connectivity index (χ1) is 13.1. The van der Waals surface area contributed by atoms with E-state index in [9.17, 15) is 10.1 Å². The first-order valence-electron chi connectivity index (χ1n) is 8.03. The average Bonchev–Trinajstić information content (AvgIpc) is 3.10. The fraction of sp³-hybridized carbons (Fsp3) is 0. The third-order valence-corrected chi connectivity index (χ3v) is 4.40. The van der Waals surface area contributed by atoms with Crippen molar-refractivity contribution >= 4 is 44.6 Å². The molecule has 0 unspecified atom stereocenters. The van der Waals surface area contributed by atoms with Gasteiger partial charge in [0.2, 0.25) is 5.89 Å². The van der Waals surface area contributed by atoms with Crippen molar-refractivity contribution in [3.8, 4) is 11.5 Å². The van der Waals surface area contributed by atoms with Crippen molar-refractivity contribution in [1.82, 2.24) is 4.98 Å². The molecule has 0 spiro atoms. The first-order valence-corrected chi connectivity index (χ1v) is 8.83. The van der Waals surface area contributed by atoms with E-state index in [4.69, 9.17) is 4.42 Å². The molecule has 0 amide bonds. The molecule has 1 aromatic heterocycles. The highest BCUT2D eigenvalue weighted by Gasteiger charge is 2.09.